The fraction of sp³-hybridized carbons (Fsp3) is 0.929. The average Bonchev–Trinajstić information content (AvgIpc) is 2.84. The van der Waals surface area contributed by atoms with Gasteiger partial charge in [-0.2, -0.15) is 0 Å². The number of ether oxygens (including phenoxy) is 2. The monoisotopic (exact) mass is 270 g/mol. The van der Waals surface area contributed by atoms with Gasteiger partial charge in [-0.1, -0.05) is 0 Å². The summed E-state index contributed by atoms with van der Waals surface area (Å²) in [6.45, 7) is 8.60. The minimum Gasteiger partial charge on any atom is -0.444 e. The molecule has 2 aliphatic rings. The lowest BCUT2D eigenvalue weighted by Crippen LogP contribution is -2.38. The van der Waals surface area contributed by atoms with E-state index >= 15 is 0 Å². The fourth-order valence-corrected chi connectivity index (χ4v) is 2.36. The summed E-state index contributed by atoms with van der Waals surface area (Å²) in [5, 5.41) is 6.32. The number of rotatable bonds is 4. The lowest BCUT2D eigenvalue weighted by Gasteiger charge is -2.19. The normalized spacial score (nSPS) is 34.1. The zero-order valence-electron chi connectivity index (χ0n) is 12.4. The summed E-state index contributed by atoms with van der Waals surface area (Å²) in [4.78, 5) is 11.6. The molecule has 5 heteroatoms. The van der Waals surface area contributed by atoms with Crippen LogP contribution in [0.3, 0.4) is 0 Å². The van der Waals surface area contributed by atoms with E-state index in [-0.39, 0.29) is 12.1 Å². The van der Waals surface area contributed by atoms with E-state index in [9.17, 15) is 4.79 Å². The van der Waals surface area contributed by atoms with Crippen molar-refractivity contribution in [1.82, 2.24) is 10.6 Å². The number of nitrogens with one attached hydrogen (secondary N) is 2. The molecule has 0 bridgehead atoms. The molecule has 5 nitrogen and oxygen atoms in total. The summed E-state index contributed by atoms with van der Waals surface area (Å²) < 4.78 is 11.0. The highest BCUT2D eigenvalue weighted by Crippen LogP contribution is 2.24. The van der Waals surface area contributed by atoms with Crippen molar-refractivity contribution in [2.24, 2.45) is 0 Å². The van der Waals surface area contributed by atoms with Crippen LogP contribution in [0.15, 0.2) is 0 Å². The third-order valence-electron chi connectivity index (χ3n) is 3.42. The Bertz CT molecular complexity index is 327. The Kier molecular flexibility index (Phi) is 4.36. The molecule has 110 valence electrons. The van der Waals surface area contributed by atoms with Gasteiger partial charge in [-0.05, 0) is 47.0 Å². The lowest BCUT2D eigenvalue weighted by molar-refractivity contribution is 0.0517. The zero-order valence-corrected chi connectivity index (χ0v) is 12.4. The molecule has 0 aromatic heterocycles. The van der Waals surface area contributed by atoms with Gasteiger partial charge in [0.1, 0.15) is 5.60 Å². The number of hydrogen-bond donors (Lipinski definition) is 2. The second-order valence-corrected chi connectivity index (χ2v) is 6.65. The van der Waals surface area contributed by atoms with Crippen molar-refractivity contribution in [1.29, 1.82) is 0 Å². The Morgan fingerprint density at radius 3 is 2.63 bits per heavy atom. The van der Waals surface area contributed by atoms with Gasteiger partial charge in [0, 0.05) is 18.6 Å². The molecule has 0 spiro atoms. The zero-order chi connectivity index (χ0) is 14.0. The standard InChI is InChI=1S/C14H26N2O3/c1-9-5-6-10(18-9)8-15-11-7-12(11)16-13(17)19-14(2,3)4/h9-12,15H,5-8H2,1-4H3,(H,16,17). The van der Waals surface area contributed by atoms with E-state index in [0.717, 1.165) is 25.8 Å². The summed E-state index contributed by atoms with van der Waals surface area (Å²) >= 11 is 0. The van der Waals surface area contributed by atoms with Gasteiger partial charge in [-0.15, -0.1) is 0 Å². The second-order valence-electron chi connectivity index (χ2n) is 6.65. The predicted molar refractivity (Wildman–Crippen MR) is 73.1 cm³/mol. The van der Waals surface area contributed by atoms with Gasteiger partial charge in [0.05, 0.1) is 12.2 Å². The molecule has 1 saturated heterocycles. The van der Waals surface area contributed by atoms with E-state index in [1.165, 1.54) is 0 Å². The molecule has 4 atom stereocenters. The number of carbonyl (C=O) groups excluding carboxylic acids is 1. The lowest BCUT2D eigenvalue weighted by atomic mass is 10.2. The topological polar surface area (TPSA) is 59.6 Å². The van der Waals surface area contributed by atoms with Crippen molar-refractivity contribution in [2.75, 3.05) is 6.54 Å². The number of amides is 1. The molecule has 0 aromatic carbocycles. The first-order valence-corrected chi connectivity index (χ1v) is 7.22. The summed E-state index contributed by atoms with van der Waals surface area (Å²) in [6, 6.07) is 0.570. The Morgan fingerprint density at radius 1 is 1.32 bits per heavy atom. The van der Waals surface area contributed by atoms with Gasteiger partial charge in [-0.3, -0.25) is 0 Å². The van der Waals surface area contributed by atoms with Crippen LogP contribution in [0.5, 0.6) is 0 Å². The largest absolute Gasteiger partial charge is 0.444 e. The van der Waals surface area contributed by atoms with Crippen molar-refractivity contribution in [3.8, 4) is 0 Å². The number of alkyl carbamates (subject to hydrolysis) is 1. The summed E-state index contributed by atoms with van der Waals surface area (Å²) in [5.74, 6) is 0. The highest BCUT2D eigenvalue weighted by atomic mass is 16.6. The maximum absolute atomic E-state index is 11.6. The molecule has 4 unspecified atom stereocenters. The molecule has 0 aromatic rings. The first-order chi connectivity index (χ1) is 8.83. The summed E-state index contributed by atoms with van der Waals surface area (Å²) in [7, 11) is 0. The maximum Gasteiger partial charge on any atom is 0.407 e. The first kappa shape index (κ1) is 14.6. The number of carbonyl (C=O) groups is 1. The van der Waals surface area contributed by atoms with Crippen molar-refractivity contribution in [3.05, 3.63) is 0 Å². The Morgan fingerprint density at radius 2 is 2.05 bits per heavy atom. The molecule has 0 radical (unpaired) electrons. The molecule has 2 fully saturated rings. The smallest absolute Gasteiger partial charge is 0.407 e. The van der Waals surface area contributed by atoms with Crippen molar-refractivity contribution in [2.45, 2.75) is 76.9 Å². The van der Waals surface area contributed by atoms with E-state index in [0.29, 0.717) is 18.2 Å². The van der Waals surface area contributed by atoms with Crippen LogP contribution in [0.1, 0.15) is 47.0 Å². The predicted octanol–water partition coefficient (Wildman–Crippen LogP) is 1.81. The summed E-state index contributed by atoms with van der Waals surface area (Å²) in [5.41, 5.74) is -0.435. The van der Waals surface area contributed by atoms with Gasteiger partial charge < -0.3 is 20.1 Å². The van der Waals surface area contributed by atoms with Crippen LogP contribution in [-0.2, 0) is 9.47 Å². The van der Waals surface area contributed by atoms with Crippen LogP contribution in [0.2, 0.25) is 0 Å². The van der Waals surface area contributed by atoms with Crippen LogP contribution >= 0.6 is 0 Å². The minimum atomic E-state index is -0.435. The Hall–Kier alpha value is -0.810. The van der Waals surface area contributed by atoms with E-state index in [1.54, 1.807) is 0 Å². The highest BCUT2D eigenvalue weighted by Gasteiger charge is 2.39. The van der Waals surface area contributed by atoms with Gasteiger partial charge in [0.15, 0.2) is 0 Å². The third-order valence-corrected chi connectivity index (χ3v) is 3.42. The van der Waals surface area contributed by atoms with Crippen molar-refractivity contribution in [3.63, 3.8) is 0 Å². The fourth-order valence-electron chi connectivity index (χ4n) is 2.36. The van der Waals surface area contributed by atoms with E-state index in [1.807, 2.05) is 20.8 Å². The SMILES string of the molecule is CC1CCC(CNC2CC2NC(=O)OC(C)(C)C)O1. The molecule has 19 heavy (non-hydrogen) atoms. The molecular weight excluding hydrogens is 244 g/mol. The maximum atomic E-state index is 11.6. The van der Waals surface area contributed by atoms with Gasteiger partial charge >= 0.3 is 6.09 Å². The van der Waals surface area contributed by atoms with Crippen molar-refractivity contribution >= 4 is 6.09 Å². The minimum absolute atomic E-state index is 0.202. The van der Waals surface area contributed by atoms with E-state index < -0.39 is 5.60 Å². The quantitative estimate of drug-likeness (QED) is 0.818. The van der Waals surface area contributed by atoms with Crippen molar-refractivity contribution < 1.29 is 14.3 Å². The molecular formula is C14H26N2O3. The molecule has 2 N–H and O–H groups in total. The molecule has 1 saturated carbocycles. The molecule has 1 aliphatic carbocycles. The van der Waals surface area contributed by atoms with Crippen LogP contribution in [0, 0.1) is 0 Å². The number of hydrogen-bond acceptors (Lipinski definition) is 4. The second kappa shape index (κ2) is 5.67. The van der Waals surface area contributed by atoms with Crippen LogP contribution in [0.25, 0.3) is 0 Å². The van der Waals surface area contributed by atoms with E-state index in [4.69, 9.17) is 9.47 Å². The van der Waals surface area contributed by atoms with Gasteiger partial charge in [0.2, 0.25) is 0 Å². The molecule has 1 aliphatic heterocycles. The summed E-state index contributed by atoms with van der Waals surface area (Å²) in [6.07, 6.45) is 3.65. The Balaban J connectivity index is 1.58. The first-order valence-electron chi connectivity index (χ1n) is 7.22. The molecule has 1 heterocycles. The van der Waals surface area contributed by atoms with Crippen LogP contribution in [0.4, 0.5) is 4.79 Å². The third kappa shape index (κ3) is 4.99. The molecule has 1 amide bonds. The average molecular weight is 270 g/mol. The van der Waals surface area contributed by atoms with E-state index in [2.05, 4.69) is 17.6 Å². The highest BCUT2D eigenvalue weighted by molar-refractivity contribution is 5.68. The van der Waals surface area contributed by atoms with Gasteiger partial charge in [-0.25, -0.2) is 4.79 Å². The Labute approximate surface area is 115 Å². The van der Waals surface area contributed by atoms with Gasteiger partial charge in [0.25, 0.3) is 0 Å². The van der Waals surface area contributed by atoms with Crippen LogP contribution < -0.4 is 10.6 Å². The molecule has 2 rings (SSSR count). The van der Waals surface area contributed by atoms with Crippen LogP contribution in [-0.4, -0.2) is 42.5 Å².